The fourth-order valence-corrected chi connectivity index (χ4v) is 3.73. The minimum Gasteiger partial charge on any atom is -0.478 e. The van der Waals surface area contributed by atoms with Gasteiger partial charge in [0.05, 0.1) is 20.7 Å². The highest BCUT2D eigenvalue weighted by molar-refractivity contribution is 7.84. The number of carboxylic acid groups (broad SMARTS) is 1. The summed E-state index contributed by atoms with van der Waals surface area (Å²) in [6.45, 7) is 5.39. The highest BCUT2D eigenvalue weighted by Gasteiger charge is 2.34. The minimum atomic E-state index is -1.21. The highest BCUT2D eigenvalue weighted by Crippen LogP contribution is 2.37. The van der Waals surface area contributed by atoms with Gasteiger partial charge in [0.1, 0.15) is 5.75 Å². The van der Waals surface area contributed by atoms with Crippen LogP contribution < -0.4 is 4.74 Å². The summed E-state index contributed by atoms with van der Waals surface area (Å²) in [7, 11) is -1.21. The van der Waals surface area contributed by atoms with Gasteiger partial charge in [0, 0.05) is 22.3 Å². The lowest BCUT2D eigenvalue weighted by molar-refractivity contribution is -0.150. The Morgan fingerprint density at radius 2 is 1.81 bits per heavy atom. The average molecular weight is 415 g/mol. The Bertz CT molecular complexity index is 859. The van der Waals surface area contributed by atoms with Gasteiger partial charge in [0.2, 0.25) is 0 Å². The molecule has 1 N–H and O–H groups in total. The predicted molar refractivity (Wildman–Crippen MR) is 106 cm³/mol. The average Bonchev–Trinajstić information content (AvgIpc) is 2.51. The molecular weight excluding hydrogens is 395 g/mol. The van der Waals surface area contributed by atoms with Gasteiger partial charge in [0.25, 0.3) is 0 Å². The van der Waals surface area contributed by atoms with E-state index in [1.165, 1.54) is 0 Å². The van der Waals surface area contributed by atoms with Gasteiger partial charge in [-0.05, 0) is 35.9 Å². The van der Waals surface area contributed by atoms with E-state index in [4.69, 9.17) is 27.9 Å². The number of hydrogen-bond donors (Lipinski definition) is 1. The van der Waals surface area contributed by atoms with Crippen molar-refractivity contribution in [3.8, 4) is 16.9 Å². The molecule has 0 spiro atoms. The molecule has 7 heteroatoms. The molecule has 0 bridgehead atoms. The number of hydrogen-bond acceptors (Lipinski definition) is 3. The zero-order valence-corrected chi connectivity index (χ0v) is 17.2. The van der Waals surface area contributed by atoms with E-state index in [1.807, 2.05) is 0 Å². The molecule has 4 nitrogen and oxygen atoms in total. The Balaban J connectivity index is 2.53. The lowest BCUT2D eigenvalue weighted by atomic mass is 9.89. The standard InChI is InChI=1S/C19H20Cl2O4S/c1-19(2,3)17(18(22)23)25-15-7-6-12(20)10-13(15)11-5-8-16(26(4)24)14(21)9-11/h5-10,17H,1-4H3,(H,22,23). The lowest BCUT2D eigenvalue weighted by Crippen LogP contribution is -2.39. The Morgan fingerprint density at radius 1 is 1.15 bits per heavy atom. The van der Waals surface area contributed by atoms with Crippen LogP contribution in [0.3, 0.4) is 0 Å². The Hall–Kier alpha value is -1.56. The third-order valence-corrected chi connectivity index (χ3v) is 5.39. The fraction of sp³-hybridized carbons (Fsp3) is 0.316. The third kappa shape index (κ3) is 4.78. The molecule has 0 aliphatic carbocycles. The first-order valence-electron chi connectivity index (χ1n) is 7.83. The summed E-state index contributed by atoms with van der Waals surface area (Å²) in [4.78, 5) is 12.2. The Kier molecular flexibility index (Phi) is 6.37. The molecule has 0 heterocycles. The molecule has 2 aromatic carbocycles. The highest BCUT2D eigenvalue weighted by atomic mass is 35.5. The lowest BCUT2D eigenvalue weighted by Gasteiger charge is -2.28. The molecule has 2 atom stereocenters. The van der Waals surface area contributed by atoms with Crippen molar-refractivity contribution >= 4 is 40.0 Å². The van der Waals surface area contributed by atoms with Crippen molar-refractivity contribution in [2.45, 2.75) is 31.8 Å². The minimum absolute atomic E-state index is 0.361. The summed E-state index contributed by atoms with van der Waals surface area (Å²) in [5.41, 5.74) is 0.701. The summed E-state index contributed by atoms with van der Waals surface area (Å²) < 4.78 is 17.5. The molecule has 0 fully saturated rings. The van der Waals surface area contributed by atoms with Crippen molar-refractivity contribution in [1.82, 2.24) is 0 Å². The van der Waals surface area contributed by atoms with Crippen LogP contribution >= 0.6 is 23.2 Å². The Labute approximate surface area is 165 Å². The van der Waals surface area contributed by atoms with E-state index in [0.717, 1.165) is 0 Å². The Morgan fingerprint density at radius 3 is 2.31 bits per heavy atom. The predicted octanol–water partition coefficient (Wildman–Crippen LogP) is 5.28. The molecule has 0 aliphatic heterocycles. The van der Waals surface area contributed by atoms with Gasteiger partial charge < -0.3 is 9.84 Å². The maximum absolute atomic E-state index is 11.7. The van der Waals surface area contributed by atoms with Gasteiger partial charge in [-0.1, -0.05) is 50.0 Å². The van der Waals surface area contributed by atoms with Gasteiger partial charge >= 0.3 is 5.97 Å². The second kappa shape index (κ2) is 7.99. The molecule has 0 saturated heterocycles. The third-order valence-electron chi connectivity index (χ3n) is 3.75. The van der Waals surface area contributed by atoms with Gasteiger partial charge in [-0.15, -0.1) is 0 Å². The number of carboxylic acids is 1. The van der Waals surface area contributed by atoms with Crippen LogP contribution in [-0.4, -0.2) is 27.6 Å². The van der Waals surface area contributed by atoms with Gasteiger partial charge in [0.15, 0.2) is 6.10 Å². The zero-order valence-electron chi connectivity index (χ0n) is 14.9. The summed E-state index contributed by atoms with van der Waals surface area (Å²) in [5, 5.41) is 10.4. The van der Waals surface area contributed by atoms with Crippen LogP contribution in [0, 0.1) is 5.41 Å². The van der Waals surface area contributed by atoms with Crippen LogP contribution in [0.5, 0.6) is 5.75 Å². The van der Waals surface area contributed by atoms with Crippen LogP contribution in [0.2, 0.25) is 10.0 Å². The van der Waals surface area contributed by atoms with Crippen LogP contribution in [0.25, 0.3) is 11.1 Å². The topological polar surface area (TPSA) is 63.6 Å². The number of ether oxygens (including phenoxy) is 1. The smallest absolute Gasteiger partial charge is 0.345 e. The monoisotopic (exact) mass is 414 g/mol. The van der Waals surface area contributed by atoms with Crippen LogP contribution in [0.1, 0.15) is 20.8 Å². The molecule has 2 rings (SSSR count). The summed E-state index contributed by atoms with van der Waals surface area (Å²) in [5.74, 6) is -0.661. The molecule has 0 aliphatic rings. The first-order valence-corrected chi connectivity index (χ1v) is 10.1. The molecular formula is C19H20Cl2O4S. The maximum atomic E-state index is 11.7. The van der Waals surface area contributed by atoms with Gasteiger partial charge in [-0.3, -0.25) is 4.21 Å². The number of aliphatic carboxylic acids is 1. The van der Waals surface area contributed by atoms with E-state index in [9.17, 15) is 14.1 Å². The molecule has 140 valence electrons. The largest absolute Gasteiger partial charge is 0.478 e. The second-order valence-electron chi connectivity index (χ2n) is 6.94. The quantitative estimate of drug-likeness (QED) is 0.722. The van der Waals surface area contributed by atoms with E-state index in [-0.39, 0.29) is 0 Å². The van der Waals surface area contributed by atoms with Crippen molar-refractivity contribution in [2.24, 2.45) is 5.41 Å². The molecule has 0 radical (unpaired) electrons. The van der Waals surface area contributed by atoms with E-state index in [0.29, 0.717) is 31.8 Å². The van der Waals surface area contributed by atoms with Crippen molar-refractivity contribution in [1.29, 1.82) is 0 Å². The van der Waals surface area contributed by atoms with Crippen LogP contribution in [0.15, 0.2) is 41.3 Å². The first kappa shape index (κ1) is 20.7. The molecule has 26 heavy (non-hydrogen) atoms. The summed E-state index contributed by atoms with van der Waals surface area (Å²) in [6.07, 6.45) is 0.510. The van der Waals surface area contributed by atoms with Crippen LogP contribution in [-0.2, 0) is 15.6 Å². The van der Waals surface area contributed by atoms with Crippen molar-refractivity contribution < 1.29 is 18.8 Å². The van der Waals surface area contributed by atoms with E-state index in [2.05, 4.69) is 0 Å². The number of rotatable bonds is 5. The molecule has 2 unspecified atom stereocenters. The van der Waals surface area contributed by atoms with Crippen LogP contribution in [0.4, 0.5) is 0 Å². The zero-order chi connectivity index (χ0) is 19.6. The molecule has 0 amide bonds. The van der Waals surface area contributed by atoms with E-state index < -0.39 is 28.3 Å². The number of halogens is 2. The molecule has 0 aromatic heterocycles. The van der Waals surface area contributed by atoms with Gasteiger partial charge in [-0.25, -0.2) is 4.79 Å². The first-order chi connectivity index (χ1) is 12.0. The van der Waals surface area contributed by atoms with Gasteiger partial charge in [-0.2, -0.15) is 0 Å². The van der Waals surface area contributed by atoms with Crippen molar-refractivity contribution in [3.63, 3.8) is 0 Å². The second-order valence-corrected chi connectivity index (χ2v) is 9.13. The van der Waals surface area contributed by atoms with Crippen molar-refractivity contribution in [3.05, 3.63) is 46.4 Å². The van der Waals surface area contributed by atoms with E-state index in [1.54, 1.807) is 63.4 Å². The van der Waals surface area contributed by atoms with Crippen molar-refractivity contribution in [2.75, 3.05) is 6.26 Å². The number of carbonyl (C=O) groups is 1. The maximum Gasteiger partial charge on any atom is 0.345 e. The summed E-state index contributed by atoms with van der Waals surface area (Å²) in [6, 6.07) is 10.1. The molecule has 2 aromatic rings. The molecule has 0 saturated carbocycles. The normalized spacial score (nSPS) is 13.9. The summed E-state index contributed by atoms with van der Waals surface area (Å²) >= 11 is 12.4. The SMILES string of the molecule is CS(=O)c1ccc(-c2cc(Cl)ccc2OC(C(=O)O)C(C)(C)C)cc1Cl. The van der Waals surface area contributed by atoms with E-state index >= 15 is 0 Å². The number of benzene rings is 2. The fourth-order valence-electron chi connectivity index (χ4n) is 2.46.